The Kier molecular flexibility index (Phi) is 7.00. The average molecular weight is 364 g/mol. The molecule has 0 saturated heterocycles. The van der Waals surface area contributed by atoms with Crippen LogP contribution in [0.25, 0.3) is 0 Å². The van der Waals surface area contributed by atoms with E-state index < -0.39 is 0 Å². The van der Waals surface area contributed by atoms with Crippen molar-refractivity contribution in [2.75, 3.05) is 7.11 Å². The summed E-state index contributed by atoms with van der Waals surface area (Å²) in [5, 5.41) is 3.63. The molecule has 0 aliphatic rings. The quantitative estimate of drug-likeness (QED) is 0.696. The molecule has 0 unspecified atom stereocenters. The molecule has 0 heterocycles. The van der Waals surface area contributed by atoms with Crippen molar-refractivity contribution in [2.24, 2.45) is 0 Å². The van der Waals surface area contributed by atoms with Crippen molar-refractivity contribution in [2.45, 2.75) is 36.5 Å². The zero-order valence-electron chi connectivity index (χ0n) is 14.1. The van der Waals surface area contributed by atoms with Crippen molar-refractivity contribution in [1.82, 2.24) is 5.32 Å². The number of halogens is 1. The van der Waals surface area contributed by atoms with Crippen LogP contribution in [-0.2, 0) is 4.79 Å². The van der Waals surface area contributed by atoms with Crippen LogP contribution in [0.5, 0.6) is 5.75 Å². The van der Waals surface area contributed by atoms with E-state index in [1.165, 1.54) is 0 Å². The molecule has 128 valence electrons. The van der Waals surface area contributed by atoms with Crippen LogP contribution in [0.15, 0.2) is 53.4 Å². The molecule has 3 nitrogen and oxygen atoms in total. The maximum absolute atomic E-state index is 12.6. The number of benzene rings is 2. The van der Waals surface area contributed by atoms with Crippen LogP contribution < -0.4 is 10.1 Å². The number of hydrogen-bond donors (Lipinski definition) is 1. The number of carbonyl (C=O) groups is 1. The van der Waals surface area contributed by atoms with E-state index in [4.69, 9.17) is 16.3 Å². The second-order valence-electron chi connectivity index (χ2n) is 5.44. The molecule has 0 radical (unpaired) electrons. The fourth-order valence-electron chi connectivity index (χ4n) is 2.41. The van der Waals surface area contributed by atoms with Crippen molar-refractivity contribution in [3.63, 3.8) is 0 Å². The molecule has 2 atom stereocenters. The van der Waals surface area contributed by atoms with Gasteiger partial charge in [0.15, 0.2) is 0 Å². The highest BCUT2D eigenvalue weighted by Gasteiger charge is 2.21. The topological polar surface area (TPSA) is 38.3 Å². The highest BCUT2D eigenvalue weighted by Crippen LogP contribution is 2.29. The van der Waals surface area contributed by atoms with Gasteiger partial charge in [-0.05, 0) is 43.7 Å². The Hall–Kier alpha value is -1.65. The maximum Gasteiger partial charge on any atom is 0.233 e. The molecule has 0 spiro atoms. The Morgan fingerprint density at radius 2 is 1.88 bits per heavy atom. The fourth-order valence-corrected chi connectivity index (χ4v) is 3.50. The molecule has 24 heavy (non-hydrogen) atoms. The minimum atomic E-state index is -0.150. The monoisotopic (exact) mass is 363 g/mol. The number of para-hydroxylation sites is 1. The van der Waals surface area contributed by atoms with E-state index in [-0.39, 0.29) is 17.2 Å². The van der Waals surface area contributed by atoms with Gasteiger partial charge in [0, 0.05) is 15.5 Å². The third-order valence-corrected chi connectivity index (χ3v) is 5.35. The van der Waals surface area contributed by atoms with Crippen LogP contribution >= 0.6 is 23.4 Å². The average Bonchev–Trinajstić information content (AvgIpc) is 2.60. The van der Waals surface area contributed by atoms with Crippen molar-refractivity contribution in [3.8, 4) is 5.75 Å². The number of nitrogens with one attached hydrogen (secondary N) is 1. The van der Waals surface area contributed by atoms with Crippen LogP contribution in [0.2, 0.25) is 5.02 Å². The molecule has 0 aliphatic heterocycles. The number of amides is 1. The van der Waals surface area contributed by atoms with Gasteiger partial charge in [-0.3, -0.25) is 4.79 Å². The molecule has 0 fully saturated rings. The molecular formula is C19H22ClNO2S. The lowest BCUT2D eigenvalue weighted by Gasteiger charge is -2.21. The Bertz CT molecular complexity index is 675. The van der Waals surface area contributed by atoms with Crippen molar-refractivity contribution < 1.29 is 9.53 Å². The number of methoxy groups -OCH3 is 1. The Morgan fingerprint density at radius 1 is 1.21 bits per heavy atom. The highest BCUT2D eigenvalue weighted by atomic mass is 35.5. The van der Waals surface area contributed by atoms with Crippen LogP contribution in [-0.4, -0.2) is 18.3 Å². The minimum absolute atomic E-state index is 0.0239. The smallest absolute Gasteiger partial charge is 0.233 e. The number of rotatable bonds is 7. The van der Waals surface area contributed by atoms with Gasteiger partial charge >= 0.3 is 0 Å². The molecule has 1 N–H and O–H groups in total. The zero-order valence-corrected chi connectivity index (χ0v) is 15.7. The predicted molar refractivity (Wildman–Crippen MR) is 101 cm³/mol. The first-order valence-electron chi connectivity index (χ1n) is 7.90. The Labute approximate surface area is 152 Å². The first kappa shape index (κ1) is 18.7. The summed E-state index contributed by atoms with van der Waals surface area (Å²) >= 11 is 7.46. The molecule has 0 saturated carbocycles. The van der Waals surface area contributed by atoms with Crippen LogP contribution in [0.4, 0.5) is 0 Å². The third kappa shape index (κ3) is 4.92. The van der Waals surface area contributed by atoms with Crippen molar-refractivity contribution >= 4 is 29.3 Å². The lowest BCUT2D eigenvalue weighted by Crippen LogP contribution is -2.34. The normalized spacial score (nSPS) is 13.2. The van der Waals surface area contributed by atoms with E-state index in [9.17, 15) is 4.79 Å². The largest absolute Gasteiger partial charge is 0.496 e. The van der Waals surface area contributed by atoms with E-state index in [0.717, 1.165) is 22.6 Å². The molecule has 0 aliphatic carbocycles. The summed E-state index contributed by atoms with van der Waals surface area (Å²) in [6.45, 7) is 3.98. The lowest BCUT2D eigenvalue weighted by atomic mass is 10.1. The summed E-state index contributed by atoms with van der Waals surface area (Å²) in [7, 11) is 1.64. The van der Waals surface area contributed by atoms with Gasteiger partial charge in [-0.15, -0.1) is 11.8 Å². The Balaban J connectivity index is 2.04. The molecule has 2 aromatic rings. The summed E-state index contributed by atoms with van der Waals surface area (Å²) in [6.07, 6.45) is 0.748. The summed E-state index contributed by atoms with van der Waals surface area (Å²) < 4.78 is 5.37. The van der Waals surface area contributed by atoms with Crippen LogP contribution in [0.1, 0.15) is 31.9 Å². The molecule has 0 bridgehead atoms. The number of hydrogen-bond acceptors (Lipinski definition) is 3. The van der Waals surface area contributed by atoms with Gasteiger partial charge in [0.1, 0.15) is 5.75 Å². The second-order valence-corrected chi connectivity index (χ2v) is 7.15. The summed E-state index contributed by atoms with van der Waals surface area (Å²) in [5.74, 6) is 0.805. The van der Waals surface area contributed by atoms with Gasteiger partial charge in [0.05, 0.1) is 18.4 Å². The van der Waals surface area contributed by atoms with E-state index >= 15 is 0 Å². The first-order chi connectivity index (χ1) is 11.5. The fraction of sp³-hybridized carbons (Fsp3) is 0.316. The molecule has 0 aromatic heterocycles. The number of carbonyl (C=O) groups excluding carboxylic acids is 1. The van der Waals surface area contributed by atoms with E-state index in [0.29, 0.717) is 5.02 Å². The summed E-state index contributed by atoms with van der Waals surface area (Å²) in [6, 6.07) is 15.2. The number of ether oxygens (including phenoxy) is 1. The van der Waals surface area contributed by atoms with E-state index in [1.54, 1.807) is 18.9 Å². The van der Waals surface area contributed by atoms with Crippen LogP contribution in [0.3, 0.4) is 0 Å². The lowest BCUT2D eigenvalue weighted by molar-refractivity contribution is -0.121. The second kappa shape index (κ2) is 9.00. The summed E-state index contributed by atoms with van der Waals surface area (Å²) in [5.41, 5.74) is 0.972. The molecule has 2 rings (SSSR count). The summed E-state index contributed by atoms with van der Waals surface area (Å²) in [4.78, 5) is 13.7. The zero-order chi connectivity index (χ0) is 17.5. The third-order valence-electron chi connectivity index (χ3n) is 3.72. The molecule has 5 heteroatoms. The van der Waals surface area contributed by atoms with Gasteiger partial charge in [-0.25, -0.2) is 0 Å². The van der Waals surface area contributed by atoms with Gasteiger partial charge < -0.3 is 10.1 Å². The molecular weight excluding hydrogens is 342 g/mol. The van der Waals surface area contributed by atoms with E-state index in [2.05, 4.69) is 5.32 Å². The SMILES string of the molecule is CC[C@@H](Sc1ccc(Cl)cc1)C(=O)N[C@@H](C)c1ccccc1OC. The van der Waals surface area contributed by atoms with Crippen molar-refractivity contribution in [3.05, 3.63) is 59.1 Å². The van der Waals surface area contributed by atoms with Crippen molar-refractivity contribution in [1.29, 1.82) is 0 Å². The predicted octanol–water partition coefficient (Wildman–Crippen LogP) is 5.10. The highest BCUT2D eigenvalue weighted by molar-refractivity contribution is 8.00. The molecule has 2 aromatic carbocycles. The van der Waals surface area contributed by atoms with Gasteiger partial charge in [0.2, 0.25) is 5.91 Å². The number of thioether (sulfide) groups is 1. The van der Waals surface area contributed by atoms with Gasteiger partial charge in [-0.1, -0.05) is 36.7 Å². The standard InChI is InChI=1S/C19H22ClNO2S/c1-4-18(24-15-11-9-14(20)10-12-15)19(22)21-13(2)16-7-5-6-8-17(16)23-3/h5-13,18H,4H2,1-3H3,(H,21,22)/t13-,18+/m0/s1. The van der Waals surface area contributed by atoms with Crippen LogP contribution in [0, 0.1) is 0 Å². The minimum Gasteiger partial charge on any atom is -0.496 e. The van der Waals surface area contributed by atoms with Gasteiger partial charge in [0.25, 0.3) is 0 Å². The molecule has 1 amide bonds. The van der Waals surface area contributed by atoms with E-state index in [1.807, 2.05) is 62.4 Å². The Morgan fingerprint density at radius 3 is 2.50 bits per heavy atom. The maximum atomic E-state index is 12.6. The van der Waals surface area contributed by atoms with Gasteiger partial charge in [-0.2, -0.15) is 0 Å². The first-order valence-corrected chi connectivity index (χ1v) is 9.16.